The minimum Gasteiger partial charge on any atom is -0.546 e. The zero-order valence-corrected chi connectivity index (χ0v) is 22.2. The highest BCUT2D eigenvalue weighted by Crippen LogP contribution is 2.23. The molecule has 1 fully saturated rings. The number of carboxylic acid groups (broad SMARTS) is 1. The first-order valence-electron chi connectivity index (χ1n) is 12.0. The Bertz CT molecular complexity index is 825. The molecule has 1 N–H and O–H groups in total. The average molecular weight is 535 g/mol. The molecule has 14 heteroatoms. The van der Waals surface area contributed by atoms with Crippen LogP contribution in [0.3, 0.4) is 0 Å². The fraction of sp³-hybridized carbons (Fsp3) is 0.783. The summed E-state index contributed by atoms with van der Waals surface area (Å²) in [7, 11) is 5.55. The minimum absolute atomic E-state index is 0.0319. The number of hydrogen-bond acceptors (Lipinski definition) is 13. The van der Waals surface area contributed by atoms with Gasteiger partial charge in [-0.25, -0.2) is 9.59 Å². The van der Waals surface area contributed by atoms with Crippen molar-refractivity contribution >= 4 is 29.8 Å². The van der Waals surface area contributed by atoms with E-state index in [1.165, 1.54) is 6.92 Å². The van der Waals surface area contributed by atoms with Crippen molar-refractivity contribution in [3.63, 3.8) is 0 Å². The summed E-state index contributed by atoms with van der Waals surface area (Å²) < 4.78 is 20.1. The number of quaternary nitrogens is 1. The zero-order chi connectivity index (χ0) is 28.4. The van der Waals surface area contributed by atoms with E-state index in [-0.39, 0.29) is 38.3 Å². The van der Waals surface area contributed by atoms with Gasteiger partial charge in [-0.1, -0.05) is 20.8 Å². The number of ether oxygens (including phenoxy) is 4. The Morgan fingerprint density at radius 2 is 1.78 bits per heavy atom. The van der Waals surface area contributed by atoms with Gasteiger partial charge in [0.25, 0.3) is 0 Å². The van der Waals surface area contributed by atoms with Gasteiger partial charge in [-0.3, -0.25) is 9.59 Å². The summed E-state index contributed by atoms with van der Waals surface area (Å²) in [6.45, 7) is 4.35. The quantitative estimate of drug-likeness (QED) is 0.111. The molecule has 0 bridgehead atoms. The van der Waals surface area contributed by atoms with Gasteiger partial charge in [0.1, 0.15) is 25.3 Å². The van der Waals surface area contributed by atoms with Gasteiger partial charge in [0.2, 0.25) is 0 Å². The summed E-state index contributed by atoms with van der Waals surface area (Å²) in [5.41, 5.74) is 0. The Morgan fingerprint density at radius 3 is 2.32 bits per heavy atom. The van der Waals surface area contributed by atoms with Gasteiger partial charge in [0, 0.05) is 13.0 Å². The first-order chi connectivity index (χ1) is 17.1. The molecule has 0 saturated carbocycles. The maximum Gasteiger partial charge on any atom is 0.433 e. The normalized spacial score (nSPS) is 18.5. The predicted octanol–water partition coefficient (Wildman–Crippen LogP) is -1.52. The van der Waals surface area contributed by atoms with Crippen molar-refractivity contribution < 1.29 is 62.5 Å². The van der Waals surface area contributed by atoms with Gasteiger partial charge >= 0.3 is 29.9 Å². The third-order valence-corrected chi connectivity index (χ3v) is 5.06. The summed E-state index contributed by atoms with van der Waals surface area (Å²) in [6, 6.07) is -1.14. The molecule has 0 radical (unpaired) electrons. The van der Waals surface area contributed by atoms with Crippen LogP contribution in [0, 0.1) is 5.92 Å². The zero-order valence-electron chi connectivity index (χ0n) is 22.2. The molecule has 0 aromatic rings. The Kier molecular flexibility index (Phi) is 12.4. The number of carboxylic acids is 1. The van der Waals surface area contributed by atoms with Gasteiger partial charge in [-0.05, 0) is 25.2 Å². The molecular formula is C23H38N2O12. The molecule has 3 atom stereocenters. The number of aliphatic hydroxyl groups is 1. The van der Waals surface area contributed by atoms with Gasteiger partial charge in [0.05, 0.1) is 27.1 Å². The number of aliphatic carboxylic acids is 1. The van der Waals surface area contributed by atoms with E-state index in [4.69, 9.17) is 19.0 Å². The highest BCUT2D eigenvalue weighted by atomic mass is 16.9. The van der Waals surface area contributed by atoms with Crippen LogP contribution in [0.2, 0.25) is 0 Å². The van der Waals surface area contributed by atoms with E-state index in [0.717, 1.165) is 5.06 Å². The molecule has 0 spiro atoms. The standard InChI is InChI=1S/C23H38N2O12/c1-7-17(20(28)29)35-19(27)14-33-21(30)16-9-8-10-24(16)37-22(31)23(32,34-12-11-25(4,5)6)36-18(26)13-15(2)3/h15-17,32H,7-14H2,1-6H3/t16-,17?,23?/m0/s1. The second-order valence-electron chi connectivity index (χ2n) is 10.0. The number of hydroxylamine groups is 2. The number of esters is 3. The Labute approximate surface area is 215 Å². The van der Waals surface area contributed by atoms with Crippen LogP contribution in [0.5, 0.6) is 0 Å². The number of carbonyl (C=O) groups excluding carboxylic acids is 5. The van der Waals surface area contributed by atoms with Crippen molar-refractivity contribution in [3.8, 4) is 0 Å². The number of carbonyl (C=O) groups is 5. The van der Waals surface area contributed by atoms with Gasteiger partial charge in [0.15, 0.2) is 6.61 Å². The van der Waals surface area contributed by atoms with Crippen LogP contribution < -0.4 is 5.11 Å². The minimum atomic E-state index is -3.05. The van der Waals surface area contributed by atoms with Crippen molar-refractivity contribution in [2.45, 2.75) is 64.6 Å². The maximum atomic E-state index is 12.8. The van der Waals surface area contributed by atoms with Crippen molar-refractivity contribution in [1.29, 1.82) is 0 Å². The number of rotatable bonds is 15. The summed E-state index contributed by atoms with van der Waals surface area (Å²) in [5.74, 6) is -9.16. The van der Waals surface area contributed by atoms with E-state index in [1.54, 1.807) is 13.8 Å². The van der Waals surface area contributed by atoms with Crippen molar-refractivity contribution in [2.75, 3.05) is 47.4 Å². The fourth-order valence-electron chi connectivity index (χ4n) is 3.08. The Morgan fingerprint density at radius 1 is 1.14 bits per heavy atom. The van der Waals surface area contributed by atoms with Crippen LogP contribution in [0.25, 0.3) is 0 Å². The van der Waals surface area contributed by atoms with Crippen LogP contribution in [0.15, 0.2) is 0 Å². The first-order valence-corrected chi connectivity index (χ1v) is 12.0. The molecule has 212 valence electrons. The van der Waals surface area contributed by atoms with Crippen LogP contribution >= 0.6 is 0 Å². The van der Waals surface area contributed by atoms with Crippen LogP contribution in [-0.4, -0.2) is 110 Å². The number of nitrogens with zero attached hydrogens (tertiary/aromatic N) is 2. The van der Waals surface area contributed by atoms with Crippen LogP contribution in [0.1, 0.15) is 46.5 Å². The maximum absolute atomic E-state index is 12.8. The van der Waals surface area contributed by atoms with Gasteiger partial charge in [-0.2, -0.15) is 0 Å². The lowest BCUT2D eigenvalue weighted by Gasteiger charge is -2.30. The first kappa shape index (κ1) is 32.2. The fourth-order valence-corrected chi connectivity index (χ4v) is 3.08. The highest BCUT2D eigenvalue weighted by Gasteiger charge is 2.48. The lowest BCUT2D eigenvalue weighted by Crippen LogP contribution is -2.52. The molecule has 1 saturated heterocycles. The molecule has 1 rings (SSSR count). The predicted molar refractivity (Wildman–Crippen MR) is 121 cm³/mol. The summed E-state index contributed by atoms with van der Waals surface area (Å²) in [4.78, 5) is 65.3. The van der Waals surface area contributed by atoms with E-state index < -0.39 is 54.6 Å². The second-order valence-corrected chi connectivity index (χ2v) is 10.0. The molecule has 0 aromatic carbocycles. The van der Waals surface area contributed by atoms with Crippen molar-refractivity contribution in [3.05, 3.63) is 0 Å². The molecule has 37 heavy (non-hydrogen) atoms. The summed E-state index contributed by atoms with van der Waals surface area (Å²) >= 11 is 0. The number of hydrogen-bond donors (Lipinski definition) is 1. The molecule has 1 aliphatic heterocycles. The molecule has 1 heterocycles. The molecular weight excluding hydrogens is 496 g/mol. The van der Waals surface area contributed by atoms with Crippen molar-refractivity contribution in [2.24, 2.45) is 5.92 Å². The highest BCUT2D eigenvalue weighted by molar-refractivity contribution is 5.83. The smallest absolute Gasteiger partial charge is 0.433 e. The van der Waals surface area contributed by atoms with E-state index in [0.29, 0.717) is 17.4 Å². The molecule has 0 amide bonds. The summed E-state index contributed by atoms with van der Waals surface area (Å²) in [5, 5.41) is 22.6. The molecule has 0 aliphatic carbocycles. The monoisotopic (exact) mass is 534 g/mol. The van der Waals surface area contributed by atoms with E-state index in [9.17, 15) is 34.2 Å². The SMILES string of the molecule is CCC(OC(=O)COC(=O)[C@@H]1CCCN1OC(=O)C(O)(OCC[N+](C)(C)C)OC(=O)CC(C)C)C(=O)[O-]. The van der Waals surface area contributed by atoms with E-state index in [1.807, 2.05) is 21.1 Å². The number of likely N-dealkylation sites (N-methyl/N-ethyl adjacent to an activating group) is 1. The van der Waals surface area contributed by atoms with Crippen LogP contribution in [-0.2, 0) is 47.8 Å². The average Bonchev–Trinajstić information content (AvgIpc) is 3.22. The Balaban J connectivity index is 2.83. The van der Waals surface area contributed by atoms with Gasteiger partial charge in [-0.15, -0.1) is 5.06 Å². The summed E-state index contributed by atoms with van der Waals surface area (Å²) in [6.07, 6.45) is -1.03. The van der Waals surface area contributed by atoms with Crippen molar-refractivity contribution in [1.82, 2.24) is 5.06 Å². The molecule has 14 nitrogen and oxygen atoms in total. The molecule has 0 aromatic heterocycles. The third-order valence-electron chi connectivity index (χ3n) is 5.06. The molecule has 2 unspecified atom stereocenters. The largest absolute Gasteiger partial charge is 0.546 e. The lowest BCUT2D eigenvalue weighted by atomic mass is 10.1. The van der Waals surface area contributed by atoms with Gasteiger partial charge < -0.3 is 43.3 Å². The lowest BCUT2D eigenvalue weighted by molar-refractivity contribution is -0.871. The molecule has 1 aliphatic rings. The van der Waals surface area contributed by atoms with E-state index in [2.05, 4.69) is 4.74 Å². The van der Waals surface area contributed by atoms with E-state index >= 15 is 0 Å². The third kappa shape index (κ3) is 11.4. The van der Waals surface area contributed by atoms with Crippen LogP contribution in [0.4, 0.5) is 0 Å². The topological polar surface area (TPSA) is 178 Å². The second kappa shape index (κ2) is 14.2. The Hall–Kier alpha value is -2.81.